The number of methoxy groups -OCH3 is 2. The van der Waals surface area contributed by atoms with Crippen LogP contribution >= 0.6 is 0 Å². The van der Waals surface area contributed by atoms with Gasteiger partial charge in [0.15, 0.2) is 0 Å². The smallest absolute Gasteiger partial charge is 0.244 e. The molecule has 0 radical (unpaired) electrons. The zero-order chi connectivity index (χ0) is 17.0. The number of hydrogen-bond acceptors (Lipinski definition) is 5. The van der Waals surface area contributed by atoms with Gasteiger partial charge in [-0.2, -0.15) is 0 Å². The molecule has 1 aromatic rings. The number of nitrogens with one attached hydrogen (secondary N) is 1. The van der Waals surface area contributed by atoms with E-state index in [1.807, 2.05) is 0 Å². The van der Waals surface area contributed by atoms with Crippen LogP contribution < -0.4 is 14.2 Å². The van der Waals surface area contributed by atoms with Gasteiger partial charge in [0, 0.05) is 32.1 Å². The lowest BCUT2D eigenvalue weighted by Gasteiger charge is -2.20. The third-order valence-electron chi connectivity index (χ3n) is 3.70. The summed E-state index contributed by atoms with van der Waals surface area (Å²) >= 11 is 0. The molecule has 0 atom stereocenters. The van der Waals surface area contributed by atoms with E-state index in [1.165, 1.54) is 27.2 Å². The van der Waals surface area contributed by atoms with Crippen molar-refractivity contribution >= 4 is 15.9 Å². The van der Waals surface area contributed by atoms with Gasteiger partial charge in [-0.3, -0.25) is 4.79 Å². The molecule has 0 aliphatic heterocycles. The zero-order valence-corrected chi connectivity index (χ0v) is 14.4. The highest BCUT2D eigenvalue weighted by Gasteiger charge is 2.30. The maximum Gasteiger partial charge on any atom is 0.244 e. The van der Waals surface area contributed by atoms with Crippen LogP contribution in [-0.4, -0.2) is 52.6 Å². The van der Waals surface area contributed by atoms with Crippen molar-refractivity contribution < 1.29 is 22.7 Å². The van der Waals surface area contributed by atoms with E-state index >= 15 is 0 Å². The predicted molar refractivity (Wildman–Crippen MR) is 85.1 cm³/mol. The monoisotopic (exact) mass is 342 g/mol. The molecule has 0 bridgehead atoms. The van der Waals surface area contributed by atoms with Crippen LogP contribution in [0.25, 0.3) is 0 Å². The SMILES string of the molecule is COc1ccc(OC)c(S(=O)(=O)NCCN(C(C)=O)C2CC2)c1. The lowest BCUT2D eigenvalue weighted by molar-refractivity contribution is -0.129. The van der Waals surface area contributed by atoms with E-state index < -0.39 is 10.0 Å². The molecule has 128 valence electrons. The molecule has 7 nitrogen and oxygen atoms in total. The highest BCUT2D eigenvalue weighted by Crippen LogP contribution is 2.28. The second kappa shape index (κ2) is 7.18. The van der Waals surface area contributed by atoms with Gasteiger partial charge in [0.1, 0.15) is 16.4 Å². The van der Waals surface area contributed by atoms with Crippen LogP contribution in [0.2, 0.25) is 0 Å². The van der Waals surface area contributed by atoms with Crippen molar-refractivity contribution in [1.82, 2.24) is 9.62 Å². The number of ether oxygens (including phenoxy) is 2. The summed E-state index contributed by atoms with van der Waals surface area (Å²) in [6, 6.07) is 4.83. The lowest BCUT2D eigenvalue weighted by atomic mass is 10.3. The Morgan fingerprint density at radius 3 is 2.52 bits per heavy atom. The minimum absolute atomic E-state index is 0.0140. The van der Waals surface area contributed by atoms with Gasteiger partial charge in [0.2, 0.25) is 15.9 Å². The standard InChI is InChI=1S/C15H22N2O5S/c1-11(18)17(12-4-5-12)9-8-16-23(19,20)15-10-13(21-2)6-7-14(15)22-3/h6-7,10,12,16H,4-5,8-9H2,1-3H3. The van der Waals surface area contributed by atoms with Gasteiger partial charge >= 0.3 is 0 Å². The van der Waals surface area contributed by atoms with Crippen LogP contribution in [0.3, 0.4) is 0 Å². The van der Waals surface area contributed by atoms with Crippen molar-refractivity contribution in [2.24, 2.45) is 0 Å². The molecule has 1 saturated carbocycles. The van der Waals surface area contributed by atoms with E-state index in [0.29, 0.717) is 12.3 Å². The number of carbonyl (C=O) groups excluding carboxylic acids is 1. The maximum atomic E-state index is 12.5. The van der Waals surface area contributed by atoms with Gasteiger partial charge in [0.25, 0.3) is 0 Å². The van der Waals surface area contributed by atoms with E-state index in [2.05, 4.69) is 4.72 Å². The molecule has 1 N–H and O–H groups in total. The molecule has 1 aliphatic rings. The van der Waals surface area contributed by atoms with Gasteiger partial charge in [-0.15, -0.1) is 0 Å². The summed E-state index contributed by atoms with van der Waals surface area (Å²) in [4.78, 5) is 13.3. The summed E-state index contributed by atoms with van der Waals surface area (Å²) in [7, 11) is -0.883. The van der Waals surface area contributed by atoms with E-state index in [9.17, 15) is 13.2 Å². The average molecular weight is 342 g/mol. The summed E-state index contributed by atoms with van der Waals surface area (Å²) in [5.41, 5.74) is 0. The molecule has 1 aliphatic carbocycles. The van der Waals surface area contributed by atoms with Gasteiger partial charge in [-0.1, -0.05) is 0 Å². The van der Waals surface area contributed by atoms with Crippen molar-refractivity contribution in [2.75, 3.05) is 27.3 Å². The molecule has 0 spiro atoms. The van der Waals surface area contributed by atoms with Crippen LogP contribution in [0, 0.1) is 0 Å². The van der Waals surface area contributed by atoms with Gasteiger partial charge in [-0.25, -0.2) is 13.1 Å². The predicted octanol–water partition coefficient (Wildman–Crippen LogP) is 0.993. The summed E-state index contributed by atoms with van der Waals surface area (Å²) in [5, 5.41) is 0. The second-order valence-corrected chi connectivity index (χ2v) is 7.09. The summed E-state index contributed by atoms with van der Waals surface area (Å²) in [5.74, 6) is 0.629. The zero-order valence-electron chi connectivity index (χ0n) is 13.5. The molecule has 0 aromatic heterocycles. The van der Waals surface area contributed by atoms with Gasteiger partial charge in [0.05, 0.1) is 14.2 Å². The molecule has 1 amide bonds. The lowest BCUT2D eigenvalue weighted by Crippen LogP contribution is -2.38. The Balaban J connectivity index is 2.08. The molecule has 23 heavy (non-hydrogen) atoms. The molecule has 8 heteroatoms. The van der Waals surface area contributed by atoms with E-state index in [4.69, 9.17) is 9.47 Å². The van der Waals surface area contributed by atoms with E-state index in [-0.39, 0.29) is 29.1 Å². The maximum absolute atomic E-state index is 12.5. The summed E-state index contributed by atoms with van der Waals surface area (Å²) in [6.45, 7) is 2.00. The van der Waals surface area contributed by atoms with Crippen molar-refractivity contribution in [3.63, 3.8) is 0 Å². The van der Waals surface area contributed by atoms with Crippen LogP contribution in [0.4, 0.5) is 0 Å². The van der Waals surface area contributed by atoms with Crippen LogP contribution in [0.1, 0.15) is 19.8 Å². The minimum Gasteiger partial charge on any atom is -0.497 e. The Kier molecular flexibility index (Phi) is 5.48. The molecular weight excluding hydrogens is 320 g/mol. The highest BCUT2D eigenvalue weighted by molar-refractivity contribution is 7.89. The van der Waals surface area contributed by atoms with Crippen molar-refractivity contribution in [3.8, 4) is 11.5 Å². The topological polar surface area (TPSA) is 84.9 Å². The van der Waals surface area contributed by atoms with Crippen molar-refractivity contribution in [1.29, 1.82) is 0 Å². The number of benzene rings is 1. The fraction of sp³-hybridized carbons (Fsp3) is 0.533. The Bertz CT molecular complexity index is 670. The second-order valence-electron chi connectivity index (χ2n) is 5.36. The molecular formula is C15H22N2O5S. The number of sulfonamides is 1. The van der Waals surface area contributed by atoms with E-state index in [0.717, 1.165) is 12.8 Å². The number of carbonyl (C=O) groups is 1. The Hall–Kier alpha value is -1.80. The molecule has 1 aromatic carbocycles. The molecule has 1 fully saturated rings. The quantitative estimate of drug-likeness (QED) is 0.762. The third-order valence-corrected chi connectivity index (χ3v) is 5.18. The fourth-order valence-corrected chi connectivity index (χ4v) is 3.56. The highest BCUT2D eigenvalue weighted by atomic mass is 32.2. The first-order valence-corrected chi connectivity index (χ1v) is 8.86. The number of rotatable bonds is 8. The summed E-state index contributed by atoms with van der Waals surface area (Å²) < 4.78 is 37.6. The van der Waals surface area contributed by atoms with Crippen LogP contribution in [0.5, 0.6) is 11.5 Å². The molecule has 0 heterocycles. The molecule has 0 unspecified atom stereocenters. The number of hydrogen-bond donors (Lipinski definition) is 1. The first-order chi connectivity index (χ1) is 10.9. The van der Waals surface area contributed by atoms with Crippen molar-refractivity contribution in [2.45, 2.75) is 30.7 Å². The normalized spacial score (nSPS) is 14.4. The average Bonchev–Trinajstić information content (AvgIpc) is 3.35. The van der Waals surface area contributed by atoms with Crippen LogP contribution in [0.15, 0.2) is 23.1 Å². The number of amides is 1. The van der Waals surface area contributed by atoms with E-state index in [1.54, 1.807) is 17.0 Å². The number of nitrogens with zero attached hydrogens (tertiary/aromatic N) is 1. The van der Waals surface area contributed by atoms with Gasteiger partial charge < -0.3 is 14.4 Å². The Labute approximate surface area is 136 Å². The Morgan fingerprint density at radius 2 is 2.00 bits per heavy atom. The molecule has 0 saturated heterocycles. The first-order valence-electron chi connectivity index (χ1n) is 7.38. The van der Waals surface area contributed by atoms with Crippen LogP contribution in [-0.2, 0) is 14.8 Å². The minimum atomic E-state index is -3.76. The summed E-state index contributed by atoms with van der Waals surface area (Å²) in [6.07, 6.45) is 1.96. The van der Waals surface area contributed by atoms with Crippen molar-refractivity contribution in [3.05, 3.63) is 18.2 Å². The third kappa shape index (κ3) is 4.35. The largest absolute Gasteiger partial charge is 0.497 e. The van der Waals surface area contributed by atoms with Gasteiger partial charge in [-0.05, 0) is 25.0 Å². The fourth-order valence-electron chi connectivity index (χ4n) is 2.36. The first kappa shape index (κ1) is 17.6. The molecule has 2 rings (SSSR count). The Morgan fingerprint density at radius 1 is 1.30 bits per heavy atom.